The molecule has 0 amide bonds. The van der Waals surface area contributed by atoms with Crippen LogP contribution < -0.4 is 10.0 Å². The van der Waals surface area contributed by atoms with Crippen molar-refractivity contribution in [2.24, 2.45) is 0 Å². The second kappa shape index (κ2) is 8.26. The molecule has 0 unspecified atom stereocenters. The first kappa shape index (κ1) is 20.2. The number of hydrogen-bond donors (Lipinski definition) is 2. The monoisotopic (exact) mass is 420 g/mol. The molecule has 28 heavy (non-hydrogen) atoms. The van der Waals surface area contributed by atoms with Crippen molar-refractivity contribution in [1.29, 1.82) is 0 Å². The second-order valence-corrected chi connectivity index (χ2v) is 8.40. The lowest BCUT2D eigenvalue weighted by atomic mass is 10.4. The number of aryl methyl sites for hydroxylation is 3. The summed E-state index contributed by atoms with van der Waals surface area (Å²) in [6.07, 6.45) is 0. The number of nitrogens with one attached hydrogen (secondary N) is 2. The Balaban J connectivity index is 1.65. The largest absolute Gasteiger partial charge is 0.369 e. The van der Waals surface area contributed by atoms with Crippen molar-refractivity contribution in [3.63, 3.8) is 0 Å². The summed E-state index contributed by atoms with van der Waals surface area (Å²) in [7, 11) is -3.68. The second-order valence-electron chi connectivity index (χ2n) is 6.25. The minimum Gasteiger partial charge on any atom is -0.369 e. The van der Waals surface area contributed by atoms with Crippen LogP contribution in [0.2, 0.25) is 5.02 Å². The molecule has 1 aromatic carbocycles. The van der Waals surface area contributed by atoms with Gasteiger partial charge in [0.25, 0.3) is 0 Å². The van der Waals surface area contributed by atoms with Gasteiger partial charge in [0.1, 0.15) is 16.5 Å². The summed E-state index contributed by atoms with van der Waals surface area (Å²) < 4.78 is 28.9. The molecule has 3 rings (SSSR count). The van der Waals surface area contributed by atoms with Crippen molar-refractivity contribution in [1.82, 2.24) is 24.5 Å². The zero-order chi connectivity index (χ0) is 20.3. The average molecular weight is 421 g/mol. The van der Waals surface area contributed by atoms with E-state index in [2.05, 4.69) is 25.1 Å². The van der Waals surface area contributed by atoms with Gasteiger partial charge < -0.3 is 5.32 Å². The Morgan fingerprint density at radius 3 is 2.50 bits per heavy atom. The van der Waals surface area contributed by atoms with Crippen molar-refractivity contribution < 1.29 is 8.42 Å². The number of hydrogen-bond acceptors (Lipinski definition) is 6. The van der Waals surface area contributed by atoms with E-state index in [0.29, 0.717) is 24.0 Å². The summed E-state index contributed by atoms with van der Waals surface area (Å²) >= 11 is 5.96. The Kier molecular flexibility index (Phi) is 5.97. The third-order valence-electron chi connectivity index (χ3n) is 3.90. The molecule has 0 aliphatic rings. The lowest BCUT2D eigenvalue weighted by molar-refractivity contribution is 0.583. The molecule has 2 N–H and O–H groups in total. The van der Waals surface area contributed by atoms with Crippen molar-refractivity contribution in [3.8, 4) is 5.82 Å². The van der Waals surface area contributed by atoms with E-state index in [1.807, 2.05) is 19.9 Å². The molecule has 0 radical (unpaired) electrons. The smallest absolute Gasteiger partial charge is 0.242 e. The summed E-state index contributed by atoms with van der Waals surface area (Å²) in [5, 5.41) is 7.72. The Morgan fingerprint density at radius 2 is 1.82 bits per heavy atom. The van der Waals surface area contributed by atoms with Crippen molar-refractivity contribution >= 4 is 27.4 Å². The highest BCUT2D eigenvalue weighted by Gasteiger charge is 2.16. The van der Waals surface area contributed by atoms with E-state index in [0.717, 1.165) is 11.4 Å². The predicted octanol–water partition coefficient (Wildman–Crippen LogP) is 2.63. The molecule has 3 aromatic rings. The molecule has 8 nitrogen and oxygen atoms in total. The SMILES string of the molecule is Cc1cc(C)n(-c2cc(NCCNS(=O)(=O)c3ccccc3Cl)nc(C)n2)n1. The van der Waals surface area contributed by atoms with E-state index >= 15 is 0 Å². The van der Waals surface area contributed by atoms with Gasteiger partial charge >= 0.3 is 0 Å². The van der Waals surface area contributed by atoms with Gasteiger partial charge in [-0.1, -0.05) is 23.7 Å². The number of benzene rings is 1. The number of sulfonamides is 1. The van der Waals surface area contributed by atoms with E-state index in [9.17, 15) is 8.42 Å². The predicted molar refractivity (Wildman–Crippen MR) is 108 cm³/mol. The minimum absolute atomic E-state index is 0.0568. The fraction of sp³-hybridized carbons (Fsp3) is 0.278. The minimum atomic E-state index is -3.68. The molecule has 0 aliphatic carbocycles. The van der Waals surface area contributed by atoms with Crippen molar-refractivity contribution in [3.05, 3.63) is 58.6 Å². The summed E-state index contributed by atoms with van der Waals surface area (Å²) in [4.78, 5) is 8.82. The van der Waals surface area contributed by atoms with E-state index in [1.165, 1.54) is 6.07 Å². The Hall–Kier alpha value is -2.49. The topological polar surface area (TPSA) is 102 Å². The molecule has 148 valence electrons. The Bertz CT molecular complexity index is 1100. The highest BCUT2D eigenvalue weighted by molar-refractivity contribution is 7.89. The number of rotatable bonds is 7. The fourth-order valence-electron chi connectivity index (χ4n) is 2.73. The van der Waals surface area contributed by atoms with Crippen LogP contribution in [0.5, 0.6) is 0 Å². The van der Waals surface area contributed by atoms with Crippen LogP contribution in [0.25, 0.3) is 5.82 Å². The first-order valence-corrected chi connectivity index (χ1v) is 10.5. The molecule has 2 heterocycles. The number of halogens is 1. The van der Waals surface area contributed by atoms with Gasteiger partial charge in [-0.05, 0) is 39.0 Å². The number of aromatic nitrogens is 4. The molecule has 0 atom stereocenters. The average Bonchev–Trinajstić information content (AvgIpc) is 2.97. The Labute approximate surface area is 169 Å². The molecule has 10 heteroatoms. The van der Waals surface area contributed by atoms with Crippen molar-refractivity contribution in [2.75, 3.05) is 18.4 Å². The number of anilines is 1. The van der Waals surface area contributed by atoms with E-state index < -0.39 is 10.0 Å². The van der Waals surface area contributed by atoms with Crippen LogP contribution in [-0.4, -0.2) is 41.3 Å². The third kappa shape index (κ3) is 4.67. The molecule has 0 fully saturated rings. The zero-order valence-corrected chi connectivity index (χ0v) is 17.3. The van der Waals surface area contributed by atoms with Gasteiger partial charge in [0.2, 0.25) is 10.0 Å². The molecule has 0 saturated carbocycles. The number of nitrogens with zero attached hydrogens (tertiary/aromatic N) is 4. The maximum Gasteiger partial charge on any atom is 0.242 e. The first-order chi connectivity index (χ1) is 13.3. The maximum absolute atomic E-state index is 12.3. The van der Waals surface area contributed by atoms with E-state index in [-0.39, 0.29) is 16.5 Å². The maximum atomic E-state index is 12.3. The molecule has 0 bridgehead atoms. The van der Waals surface area contributed by atoms with Gasteiger partial charge in [0.05, 0.1) is 10.7 Å². The molecule has 2 aromatic heterocycles. The highest BCUT2D eigenvalue weighted by atomic mass is 35.5. The van der Waals surface area contributed by atoms with Crippen LogP contribution in [0.4, 0.5) is 5.82 Å². The van der Waals surface area contributed by atoms with Gasteiger partial charge in [0, 0.05) is 24.8 Å². The van der Waals surface area contributed by atoms with Gasteiger partial charge in [-0.25, -0.2) is 27.8 Å². The van der Waals surface area contributed by atoms with Gasteiger partial charge in [0.15, 0.2) is 5.82 Å². The van der Waals surface area contributed by atoms with Crippen LogP contribution in [0.3, 0.4) is 0 Å². The van der Waals surface area contributed by atoms with Crippen LogP contribution in [0.1, 0.15) is 17.2 Å². The first-order valence-electron chi connectivity index (χ1n) is 8.63. The van der Waals surface area contributed by atoms with Gasteiger partial charge in [-0.2, -0.15) is 5.10 Å². The summed E-state index contributed by atoms with van der Waals surface area (Å²) in [5.74, 6) is 1.83. The standard InChI is InChI=1S/C18H21ClN6O2S/c1-12-10-13(2)25(24-12)18-11-17(22-14(3)23-18)20-8-9-21-28(26,27)16-7-5-4-6-15(16)19/h4-7,10-11,21H,8-9H2,1-3H3,(H,20,22,23). The van der Waals surface area contributed by atoms with Gasteiger partial charge in [-0.3, -0.25) is 0 Å². The third-order valence-corrected chi connectivity index (χ3v) is 5.86. The zero-order valence-electron chi connectivity index (χ0n) is 15.8. The van der Waals surface area contributed by atoms with Crippen LogP contribution in [-0.2, 0) is 10.0 Å². The normalized spacial score (nSPS) is 11.6. The molecule has 0 saturated heterocycles. The van der Waals surface area contributed by atoms with Crippen LogP contribution >= 0.6 is 11.6 Å². The Morgan fingerprint density at radius 1 is 1.07 bits per heavy atom. The van der Waals surface area contributed by atoms with Crippen molar-refractivity contribution in [2.45, 2.75) is 25.7 Å². The lowest BCUT2D eigenvalue weighted by Crippen LogP contribution is -2.29. The molecular weight excluding hydrogens is 400 g/mol. The van der Waals surface area contributed by atoms with E-state index in [4.69, 9.17) is 11.6 Å². The molecule has 0 aliphatic heterocycles. The lowest BCUT2D eigenvalue weighted by Gasteiger charge is -2.11. The van der Waals surface area contributed by atoms with Gasteiger partial charge in [-0.15, -0.1) is 0 Å². The quantitative estimate of drug-likeness (QED) is 0.570. The summed E-state index contributed by atoms with van der Waals surface area (Å²) in [6.45, 7) is 6.18. The van der Waals surface area contributed by atoms with Crippen LogP contribution in [0, 0.1) is 20.8 Å². The highest BCUT2D eigenvalue weighted by Crippen LogP contribution is 2.20. The van der Waals surface area contributed by atoms with E-state index in [1.54, 1.807) is 35.9 Å². The summed E-state index contributed by atoms with van der Waals surface area (Å²) in [6, 6.07) is 10.1. The molecular formula is C18H21ClN6O2S. The molecule has 0 spiro atoms. The summed E-state index contributed by atoms with van der Waals surface area (Å²) in [5.41, 5.74) is 1.87. The fourth-order valence-corrected chi connectivity index (χ4v) is 4.28. The van der Waals surface area contributed by atoms with Crippen LogP contribution in [0.15, 0.2) is 41.3 Å².